The van der Waals surface area contributed by atoms with Gasteiger partial charge in [-0.3, -0.25) is 9.88 Å². The molecule has 2 aromatic rings. The van der Waals surface area contributed by atoms with Crippen molar-refractivity contribution in [3.8, 4) is 0 Å². The summed E-state index contributed by atoms with van der Waals surface area (Å²) >= 11 is 0. The van der Waals surface area contributed by atoms with Gasteiger partial charge in [-0.15, -0.1) is 0 Å². The lowest BCUT2D eigenvalue weighted by atomic mass is 10.0. The van der Waals surface area contributed by atoms with Crippen molar-refractivity contribution in [1.82, 2.24) is 4.98 Å². The van der Waals surface area contributed by atoms with Gasteiger partial charge in [0.25, 0.3) is 0 Å². The van der Waals surface area contributed by atoms with Crippen LogP contribution < -0.4 is 21.3 Å². The third-order valence-corrected chi connectivity index (χ3v) is 4.61. The number of hydrogen-bond donors (Lipinski definition) is 2. The molecule has 4 N–H and O–H groups in total. The monoisotopic (exact) mass is 341 g/mol. The van der Waals surface area contributed by atoms with Crippen molar-refractivity contribution in [2.24, 2.45) is 0 Å². The Morgan fingerprint density at radius 3 is 2.52 bits per heavy atom. The lowest BCUT2D eigenvalue weighted by Gasteiger charge is -2.39. The zero-order valence-corrected chi connectivity index (χ0v) is 14.3. The lowest BCUT2D eigenvalue weighted by Crippen LogP contribution is -2.48. The zero-order valence-electron chi connectivity index (χ0n) is 14.3. The van der Waals surface area contributed by atoms with Gasteiger partial charge in [0.1, 0.15) is 0 Å². The van der Waals surface area contributed by atoms with E-state index in [4.69, 9.17) is 16.2 Å². The summed E-state index contributed by atoms with van der Waals surface area (Å²) in [6.07, 6.45) is 4.78. The second-order valence-corrected chi connectivity index (χ2v) is 6.04. The maximum absolute atomic E-state index is 12.4. The molecule has 0 atom stereocenters. The molecular formula is C18H23N5O2. The smallest absolute Gasteiger partial charge is 0.414 e. The van der Waals surface area contributed by atoms with Gasteiger partial charge < -0.3 is 21.1 Å². The third kappa shape index (κ3) is 3.45. The van der Waals surface area contributed by atoms with Crippen LogP contribution >= 0.6 is 0 Å². The van der Waals surface area contributed by atoms with Gasteiger partial charge in [0, 0.05) is 37.2 Å². The number of piperidine rings is 1. The number of nitrogens with zero attached hydrogens (tertiary/aromatic N) is 3. The number of methoxy groups -OCH3 is 1. The fraction of sp³-hybridized carbons (Fsp3) is 0.333. The molecule has 0 spiro atoms. The molecule has 1 amide bonds. The molecule has 0 saturated carbocycles. The second-order valence-electron chi connectivity index (χ2n) is 6.04. The number of nitrogen functional groups attached to an aromatic ring is 2. The summed E-state index contributed by atoms with van der Waals surface area (Å²) in [5.41, 5.74) is 14.6. The Hall–Kier alpha value is -2.96. The summed E-state index contributed by atoms with van der Waals surface area (Å²) in [6, 6.07) is 9.32. The van der Waals surface area contributed by atoms with Gasteiger partial charge in [0.05, 0.1) is 24.2 Å². The van der Waals surface area contributed by atoms with Gasteiger partial charge in [-0.1, -0.05) is 6.07 Å². The van der Waals surface area contributed by atoms with Crippen molar-refractivity contribution in [3.63, 3.8) is 0 Å². The molecule has 2 heterocycles. The highest BCUT2D eigenvalue weighted by molar-refractivity contribution is 5.95. The van der Waals surface area contributed by atoms with Crippen molar-refractivity contribution in [2.45, 2.75) is 18.9 Å². The lowest BCUT2D eigenvalue weighted by molar-refractivity contribution is 0.174. The molecule has 132 valence electrons. The van der Waals surface area contributed by atoms with E-state index < -0.39 is 6.09 Å². The van der Waals surface area contributed by atoms with E-state index in [0.717, 1.165) is 31.6 Å². The zero-order chi connectivity index (χ0) is 17.8. The van der Waals surface area contributed by atoms with Crippen LogP contribution in [0.15, 0.2) is 42.7 Å². The van der Waals surface area contributed by atoms with Crippen LogP contribution in [-0.4, -0.2) is 37.3 Å². The normalized spacial score (nSPS) is 15.0. The number of carbonyl (C=O) groups excluding carboxylic acids is 1. The number of benzene rings is 1. The Morgan fingerprint density at radius 1 is 1.20 bits per heavy atom. The molecule has 0 bridgehead atoms. The molecule has 1 aliphatic heterocycles. The molecule has 0 radical (unpaired) electrons. The summed E-state index contributed by atoms with van der Waals surface area (Å²) < 4.78 is 5.00. The first kappa shape index (κ1) is 16.9. The average Bonchev–Trinajstić information content (AvgIpc) is 2.66. The standard InChI is InChI=1S/C18H23N5O2/c1-25-18(24)23(16-4-2-3-15(19)17(16)20)14-7-11-22(12-8-14)13-5-9-21-10-6-13/h2-6,9-10,14H,7-8,11-12,19-20H2,1H3. The van der Waals surface area contributed by atoms with E-state index in [1.54, 1.807) is 35.5 Å². The van der Waals surface area contributed by atoms with Crippen molar-refractivity contribution in [3.05, 3.63) is 42.7 Å². The molecule has 25 heavy (non-hydrogen) atoms. The van der Waals surface area contributed by atoms with Crippen LogP contribution in [0, 0.1) is 0 Å². The highest BCUT2D eigenvalue weighted by atomic mass is 16.5. The van der Waals surface area contributed by atoms with Crippen molar-refractivity contribution in [1.29, 1.82) is 0 Å². The van der Waals surface area contributed by atoms with Gasteiger partial charge >= 0.3 is 6.09 Å². The van der Waals surface area contributed by atoms with Crippen LogP contribution in [0.2, 0.25) is 0 Å². The van der Waals surface area contributed by atoms with Gasteiger partial charge in [0.15, 0.2) is 0 Å². The predicted molar refractivity (Wildman–Crippen MR) is 99.6 cm³/mol. The Labute approximate surface area is 147 Å². The first-order valence-electron chi connectivity index (χ1n) is 8.28. The Kier molecular flexibility index (Phi) is 4.92. The number of nitrogens with two attached hydrogens (primary N) is 2. The number of ether oxygens (including phenoxy) is 1. The fourth-order valence-corrected chi connectivity index (χ4v) is 3.26. The molecule has 1 aromatic carbocycles. The molecule has 3 rings (SSSR count). The van der Waals surface area contributed by atoms with Gasteiger partial charge in [-0.2, -0.15) is 0 Å². The SMILES string of the molecule is COC(=O)N(c1cccc(N)c1N)C1CCN(c2ccncc2)CC1. The number of pyridine rings is 1. The predicted octanol–water partition coefficient (Wildman–Crippen LogP) is 2.49. The van der Waals surface area contributed by atoms with E-state index in [0.29, 0.717) is 17.1 Å². The maximum atomic E-state index is 12.4. The summed E-state index contributed by atoms with van der Waals surface area (Å²) in [6.45, 7) is 1.68. The number of amides is 1. The summed E-state index contributed by atoms with van der Waals surface area (Å²) in [5, 5.41) is 0. The molecule has 1 aromatic heterocycles. The van der Waals surface area contributed by atoms with Crippen LogP contribution in [0.5, 0.6) is 0 Å². The molecule has 0 aliphatic carbocycles. The van der Waals surface area contributed by atoms with Crippen LogP contribution in [0.3, 0.4) is 0 Å². The molecule has 1 aliphatic rings. The first-order valence-corrected chi connectivity index (χ1v) is 8.28. The molecule has 7 heteroatoms. The van der Waals surface area contributed by atoms with E-state index >= 15 is 0 Å². The van der Waals surface area contributed by atoms with E-state index in [2.05, 4.69) is 9.88 Å². The van der Waals surface area contributed by atoms with Crippen molar-refractivity contribution < 1.29 is 9.53 Å². The Morgan fingerprint density at radius 2 is 1.88 bits per heavy atom. The van der Waals surface area contributed by atoms with Gasteiger partial charge in [-0.05, 0) is 37.1 Å². The largest absolute Gasteiger partial charge is 0.452 e. The molecule has 1 saturated heterocycles. The van der Waals surface area contributed by atoms with Crippen molar-refractivity contribution in [2.75, 3.05) is 41.5 Å². The number of hydrogen-bond acceptors (Lipinski definition) is 6. The molecule has 1 fully saturated rings. The minimum atomic E-state index is -0.417. The minimum absolute atomic E-state index is 0.00892. The van der Waals surface area contributed by atoms with Crippen molar-refractivity contribution >= 4 is 28.8 Å². The van der Waals surface area contributed by atoms with E-state index in [9.17, 15) is 4.79 Å². The highest BCUT2D eigenvalue weighted by Crippen LogP contribution is 2.33. The number of anilines is 4. The molecular weight excluding hydrogens is 318 g/mol. The summed E-state index contributed by atoms with van der Waals surface area (Å²) in [4.78, 5) is 20.4. The van der Waals surface area contributed by atoms with Crippen LogP contribution in [0.25, 0.3) is 0 Å². The first-order chi connectivity index (χ1) is 12.1. The second kappa shape index (κ2) is 7.29. The Balaban J connectivity index is 1.80. The van der Waals surface area contributed by atoms with Gasteiger partial charge in [-0.25, -0.2) is 4.79 Å². The number of rotatable bonds is 3. The van der Waals surface area contributed by atoms with Crippen LogP contribution in [0.1, 0.15) is 12.8 Å². The van der Waals surface area contributed by atoms with Crippen LogP contribution in [-0.2, 0) is 4.74 Å². The summed E-state index contributed by atoms with van der Waals surface area (Å²) in [5.74, 6) is 0. The minimum Gasteiger partial charge on any atom is -0.452 e. The molecule has 0 unspecified atom stereocenters. The number of aromatic nitrogens is 1. The number of para-hydroxylation sites is 1. The van der Waals surface area contributed by atoms with E-state index in [1.165, 1.54) is 7.11 Å². The highest BCUT2D eigenvalue weighted by Gasteiger charge is 2.31. The fourth-order valence-electron chi connectivity index (χ4n) is 3.26. The molecule has 7 nitrogen and oxygen atoms in total. The third-order valence-electron chi connectivity index (χ3n) is 4.61. The van der Waals surface area contributed by atoms with E-state index in [1.807, 2.05) is 12.1 Å². The maximum Gasteiger partial charge on any atom is 0.414 e. The Bertz CT molecular complexity index is 730. The van der Waals surface area contributed by atoms with E-state index in [-0.39, 0.29) is 6.04 Å². The average molecular weight is 341 g/mol. The topological polar surface area (TPSA) is 97.7 Å². The number of carbonyl (C=O) groups is 1. The quantitative estimate of drug-likeness (QED) is 0.833. The summed E-state index contributed by atoms with van der Waals surface area (Å²) in [7, 11) is 1.38. The van der Waals surface area contributed by atoms with Crippen LogP contribution in [0.4, 0.5) is 27.5 Å². The van der Waals surface area contributed by atoms with Gasteiger partial charge in [0.2, 0.25) is 0 Å².